The number of hydrogen-bond acceptors (Lipinski definition) is 2. The van der Waals surface area contributed by atoms with Crippen LogP contribution in [0.2, 0.25) is 0 Å². The quantitative estimate of drug-likeness (QED) is 0.853. The van der Waals surface area contributed by atoms with Crippen LogP contribution in [0.4, 0.5) is 8.78 Å². The van der Waals surface area contributed by atoms with Crippen molar-refractivity contribution in [2.75, 3.05) is 0 Å². The van der Waals surface area contributed by atoms with E-state index in [9.17, 15) is 13.9 Å². The van der Waals surface area contributed by atoms with Crippen LogP contribution in [0.25, 0.3) is 0 Å². The molecule has 3 rings (SSSR count). The highest BCUT2D eigenvalue weighted by molar-refractivity contribution is 5.32. The normalized spacial score (nSPS) is 21.5. The molecule has 110 valence electrons. The lowest BCUT2D eigenvalue weighted by atomic mass is 10.0. The Bertz CT molecular complexity index is 642. The lowest BCUT2D eigenvalue weighted by molar-refractivity contribution is 0.0296. The van der Waals surface area contributed by atoms with Crippen LogP contribution in [-0.4, -0.2) is 11.2 Å². The van der Waals surface area contributed by atoms with Crippen molar-refractivity contribution in [3.05, 3.63) is 65.2 Å². The van der Waals surface area contributed by atoms with Gasteiger partial charge in [0.15, 0.2) is 11.6 Å². The maximum Gasteiger partial charge on any atom is 0.165 e. The van der Waals surface area contributed by atoms with Gasteiger partial charge in [-0.3, -0.25) is 0 Å². The number of halogens is 2. The summed E-state index contributed by atoms with van der Waals surface area (Å²) in [4.78, 5) is 0. The van der Waals surface area contributed by atoms with Gasteiger partial charge in [-0.25, -0.2) is 8.78 Å². The summed E-state index contributed by atoms with van der Waals surface area (Å²) in [6.07, 6.45) is 0.844. The Morgan fingerprint density at radius 2 is 1.90 bits per heavy atom. The molecule has 2 unspecified atom stereocenters. The lowest BCUT2D eigenvalue weighted by Gasteiger charge is -2.23. The van der Waals surface area contributed by atoms with Gasteiger partial charge < -0.3 is 9.84 Å². The summed E-state index contributed by atoms with van der Waals surface area (Å²) in [6.45, 7) is 0. The number of rotatable bonds is 2. The van der Waals surface area contributed by atoms with Crippen molar-refractivity contribution in [3.8, 4) is 5.75 Å². The van der Waals surface area contributed by atoms with E-state index in [1.807, 2.05) is 24.3 Å². The summed E-state index contributed by atoms with van der Waals surface area (Å²) in [5.41, 5.74) is 1.88. The summed E-state index contributed by atoms with van der Waals surface area (Å²) in [7, 11) is 0. The van der Waals surface area contributed by atoms with E-state index in [-0.39, 0.29) is 5.75 Å². The van der Waals surface area contributed by atoms with Crippen LogP contribution in [0.5, 0.6) is 5.75 Å². The van der Waals surface area contributed by atoms with Crippen molar-refractivity contribution in [3.63, 3.8) is 0 Å². The van der Waals surface area contributed by atoms with Crippen LogP contribution < -0.4 is 4.74 Å². The monoisotopic (exact) mass is 290 g/mol. The number of fused-ring (bicyclic) bond motifs is 1. The van der Waals surface area contributed by atoms with E-state index in [2.05, 4.69) is 0 Å². The first-order chi connectivity index (χ1) is 10.1. The van der Waals surface area contributed by atoms with Gasteiger partial charge in [0, 0.05) is 6.07 Å². The molecule has 21 heavy (non-hydrogen) atoms. The molecule has 2 nitrogen and oxygen atoms in total. The highest BCUT2D eigenvalue weighted by Gasteiger charge is 2.28. The summed E-state index contributed by atoms with van der Waals surface area (Å²) in [6, 6.07) is 10.7. The topological polar surface area (TPSA) is 29.5 Å². The average molecular weight is 290 g/mol. The van der Waals surface area contributed by atoms with E-state index in [0.717, 1.165) is 42.2 Å². The van der Waals surface area contributed by atoms with E-state index in [4.69, 9.17) is 4.74 Å². The zero-order chi connectivity index (χ0) is 14.8. The third-order valence-corrected chi connectivity index (χ3v) is 3.83. The molecule has 0 aliphatic heterocycles. The van der Waals surface area contributed by atoms with Gasteiger partial charge in [-0.2, -0.15) is 0 Å². The molecule has 0 bridgehead atoms. The Hall–Kier alpha value is -1.94. The van der Waals surface area contributed by atoms with Gasteiger partial charge in [-0.1, -0.05) is 24.3 Å². The molecule has 1 aliphatic rings. The Morgan fingerprint density at radius 3 is 2.76 bits per heavy atom. The van der Waals surface area contributed by atoms with Crippen LogP contribution in [0.3, 0.4) is 0 Å². The molecule has 1 aliphatic carbocycles. The summed E-state index contributed by atoms with van der Waals surface area (Å²) in [5.74, 6) is -1.34. The zero-order valence-electron chi connectivity index (χ0n) is 11.4. The van der Waals surface area contributed by atoms with E-state index in [0.29, 0.717) is 6.42 Å². The fourth-order valence-electron chi connectivity index (χ4n) is 2.76. The van der Waals surface area contributed by atoms with Gasteiger partial charge in [0.05, 0.1) is 0 Å². The number of aryl methyl sites for hydroxylation is 1. The predicted octanol–water partition coefficient (Wildman–Crippen LogP) is 3.78. The van der Waals surface area contributed by atoms with E-state index in [1.165, 1.54) is 0 Å². The molecule has 4 heteroatoms. The minimum Gasteiger partial charge on any atom is -0.484 e. The highest BCUT2D eigenvalue weighted by atomic mass is 19.1. The van der Waals surface area contributed by atoms with Crippen molar-refractivity contribution in [1.29, 1.82) is 0 Å². The lowest BCUT2D eigenvalue weighted by Crippen LogP contribution is -2.25. The summed E-state index contributed by atoms with van der Waals surface area (Å²) in [5, 5.41) is 10.5. The maximum atomic E-state index is 13.7. The first-order valence-electron chi connectivity index (χ1n) is 7.03. The number of hydrogen-bond donors (Lipinski definition) is 1. The Morgan fingerprint density at radius 1 is 1.10 bits per heavy atom. The van der Waals surface area contributed by atoms with Crippen LogP contribution in [-0.2, 0) is 6.42 Å². The molecule has 2 aromatic rings. The van der Waals surface area contributed by atoms with E-state index < -0.39 is 23.8 Å². The number of ether oxygens (including phenoxy) is 1. The predicted molar refractivity (Wildman–Crippen MR) is 75.1 cm³/mol. The number of benzene rings is 2. The Labute approximate surface area is 122 Å². The highest BCUT2D eigenvalue weighted by Crippen LogP contribution is 2.32. The molecule has 0 saturated heterocycles. The molecular weight excluding hydrogens is 274 g/mol. The first kappa shape index (κ1) is 14.0. The molecule has 0 saturated carbocycles. The Balaban J connectivity index is 1.87. The molecule has 0 fully saturated rings. The number of aliphatic hydroxyl groups is 1. The molecule has 0 radical (unpaired) electrons. The van der Waals surface area contributed by atoms with Crippen LogP contribution in [0, 0.1) is 11.6 Å². The maximum absolute atomic E-state index is 13.7. The second-order valence-corrected chi connectivity index (χ2v) is 5.27. The molecule has 1 N–H and O–H groups in total. The molecule has 0 spiro atoms. The zero-order valence-corrected chi connectivity index (χ0v) is 11.4. The van der Waals surface area contributed by atoms with Crippen molar-refractivity contribution in [2.24, 2.45) is 0 Å². The molecular formula is C17H16F2O2. The van der Waals surface area contributed by atoms with Gasteiger partial charge in [0.2, 0.25) is 0 Å². The van der Waals surface area contributed by atoms with Gasteiger partial charge >= 0.3 is 0 Å². The molecule has 2 atom stereocenters. The van der Waals surface area contributed by atoms with Gasteiger partial charge in [-0.15, -0.1) is 0 Å². The molecule has 0 heterocycles. The molecule has 0 aromatic heterocycles. The van der Waals surface area contributed by atoms with Gasteiger partial charge in [0.25, 0.3) is 0 Å². The third-order valence-electron chi connectivity index (χ3n) is 3.83. The van der Waals surface area contributed by atoms with Crippen LogP contribution in [0.15, 0.2) is 42.5 Å². The van der Waals surface area contributed by atoms with Crippen molar-refractivity contribution >= 4 is 0 Å². The van der Waals surface area contributed by atoms with Crippen LogP contribution >= 0.6 is 0 Å². The summed E-state index contributed by atoms with van der Waals surface area (Å²) >= 11 is 0. The minimum atomic E-state index is -0.841. The smallest absolute Gasteiger partial charge is 0.165 e. The number of aliphatic hydroxyl groups excluding tert-OH is 1. The van der Waals surface area contributed by atoms with Crippen molar-refractivity contribution in [2.45, 2.75) is 31.5 Å². The van der Waals surface area contributed by atoms with Crippen LogP contribution in [0.1, 0.15) is 30.1 Å². The summed E-state index contributed by atoms with van der Waals surface area (Å²) < 4.78 is 32.4. The SMILES string of the molecule is OC1c2ccccc2CCCC1Oc1cc(F)ccc1F. The fourth-order valence-corrected chi connectivity index (χ4v) is 2.76. The van der Waals surface area contributed by atoms with Crippen molar-refractivity contribution in [1.82, 2.24) is 0 Å². The fraction of sp³-hybridized carbons (Fsp3) is 0.294. The van der Waals surface area contributed by atoms with Crippen molar-refractivity contribution < 1.29 is 18.6 Å². The minimum absolute atomic E-state index is 0.154. The van der Waals surface area contributed by atoms with Gasteiger partial charge in [0.1, 0.15) is 18.0 Å². The first-order valence-corrected chi connectivity index (χ1v) is 7.03. The second-order valence-electron chi connectivity index (χ2n) is 5.27. The van der Waals surface area contributed by atoms with E-state index in [1.54, 1.807) is 0 Å². The average Bonchev–Trinajstić information content (AvgIpc) is 2.64. The Kier molecular flexibility index (Phi) is 3.88. The second kappa shape index (κ2) is 5.82. The van der Waals surface area contributed by atoms with E-state index >= 15 is 0 Å². The standard InChI is InChI=1S/C17H16F2O2/c18-12-8-9-14(19)16(10-12)21-15-7-3-5-11-4-1-2-6-13(11)17(15)20/h1-2,4,6,8-10,15,17,20H,3,5,7H2. The molecule has 2 aromatic carbocycles. The third kappa shape index (κ3) is 2.90. The van der Waals surface area contributed by atoms with Gasteiger partial charge in [-0.05, 0) is 42.5 Å². The molecule has 0 amide bonds. The largest absolute Gasteiger partial charge is 0.484 e.